The topological polar surface area (TPSA) is 58.4 Å². The summed E-state index contributed by atoms with van der Waals surface area (Å²) in [5.41, 5.74) is 2.27. The first-order valence-corrected chi connectivity index (χ1v) is 7.07. The molecule has 1 aliphatic heterocycles. The third kappa shape index (κ3) is 4.34. The summed E-state index contributed by atoms with van der Waals surface area (Å²) >= 11 is 0. The second-order valence-corrected chi connectivity index (χ2v) is 5.64. The molecule has 4 nitrogen and oxygen atoms in total. The fourth-order valence-electron chi connectivity index (χ4n) is 2.15. The van der Waals surface area contributed by atoms with Gasteiger partial charge < -0.3 is 16.0 Å². The first-order valence-electron chi connectivity index (χ1n) is 7.07. The highest BCUT2D eigenvalue weighted by molar-refractivity contribution is 5.86. The molecule has 1 saturated heterocycles. The van der Waals surface area contributed by atoms with Gasteiger partial charge in [0.25, 0.3) is 0 Å². The van der Waals surface area contributed by atoms with Crippen LogP contribution in [0.5, 0.6) is 0 Å². The predicted octanol–water partition coefficient (Wildman–Crippen LogP) is 1.65. The van der Waals surface area contributed by atoms with Crippen molar-refractivity contribution in [2.45, 2.75) is 57.3 Å². The number of carbonyl (C=O) groups is 1. The maximum atomic E-state index is 12.6. The minimum atomic E-state index is -4.74. The normalized spacial score (nSPS) is 21.5. The monoisotopic (exact) mass is 295 g/mol. The number of likely N-dealkylation sites (tertiary alicyclic amines) is 1. The van der Waals surface area contributed by atoms with Crippen molar-refractivity contribution in [3.8, 4) is 0 Å². The van der Waals surface area contributed by atoms with Crippen LogP contribution in [0.2, 0.25) is 0 Å². The Kier molecular flexibility index (Phi) is 5.82. The van der Waals surface area contributed by atoms with Crippen molar-refractivity contribution in [2.75, 3.05) is 19.6 Å². The third-order valence-electron chi connectivity index (χ3n) is 3.81. The van der Waals surface area contributed by atoms with Crippen molar-refractivity contribution in [2.24, 2.45) is 5.73 Å². The van der Waals surface area contributed by atoms with Crippen molar-refractivity contribution >= 4 is 5.91 Å². The number of rotatable bonds is 5. The molecule has 1 amide bonds. The lowest BCUT2D eigenvalue weighted by molar-refractivity contribution is -0.187. The summed E-state index contributed by atoms with van der Waals surface area (Å²) in [5.74, 6) is -1.14. The van der Waals surface area contributed by atoms with Crippen molar-refractivity contribution in [3.05, 3.63) is 0 Å². The van der Waals surface area contributed by atoms with E-state index in [9.17, 15) is 18.0 Å². The van der Waals surface area contributed by atoms with E-state index in [-0.39, 0.29) is 6.04 Å². The SMILES string of the molecule is CCCCN1CCC(NC(=O)C(C)(N)C(F)(F)F)CC1. The van der Waals surface area contributed by atoms with E-state index in [0.717, 1.165) is 32.5 Å². The zero-order valence-corrected chi connectivity index (χ0v) is 12.1. The molecule has 0 saturated carbocycles. The molecule has 118 valence electrons. The van der Waals surface area contributed by atoms with Gasteiger partial charge in [0.2, 0.25) is 5.91 Å². The van der Waals surface area contributed by atoms with Crippen molar-refractivity contribution in [3.63, 3.8) is 0 Å². The molecular formula is C13H24F3N3O. The fourth-order valence-corrected chi connectivity index (χ4v) is 2.15. The Morgan fingerprint density at radius 1 is 1.35 bits per heavy atom. The van der Waals surface area contributed by atoms with Gasteiger partial charge in [0, 0.05) is 19.1 Å². The van der Waals surface area contributed by atoms with Gasteiger partial charge in [-0.3, -0.25) is 4.79 Å². The second kappa shape index (κ2) is 6.76. The molecule has 1 atom stereocenters. The maximum absolute atomic E-state index is 12.6. The van der Waals surface area contributed by atoms with Gasteiger partial charge in [0.15, 0.2) is 5.54 Å². The number of amides is 1. The standard InChI is InChI=1S/C13H24F3N3O/c1-3-4-7-19-8-5-10(6-9-19)18-11(20)12(2,17)13(14,15)16/h10H,3-9,17H2,1-2H3,(H,18,20). The molecule has 1 rings (SSSR count). The van der Waals surface area contributed by atoms with Crippen LogP contribution in [0.3, 0.4) is 0 Å². The second-order valence-electron chi connectivity index (χ2n) is 5.64. The number of unbranched alkanes of at least 4 members (excludes halogenated alkanes) is 1. The van der Waals surface area contributed by atoms with E-state index >= 15 is 0 Å². The lowest BCUT2D eigenvalue weighted by atomic mass is 9.99. The Labute approximate surface area is 117 Å². The van der Waals surface area contributed by atoms with Crippen molar-refractivity contribution < 1.29 is 18.0 Å². The Hall–Kier alpha value is -0.820. The van der Waals surface area contributed by atoms with Crippen LogP contribution in [-0.2, 0) is 4.79 Å². The molecule has 3 N–H and O–H groups in total. The first-order chi connectivity index (χ1) is 9.18. The minimum absolute atomic E-state index is 0.217. The highest BCUT2D eigenvalue weighted by Gasteiger charge is 2.54. The summed E-state index contributed by atoms with van der Waals surface area (Å²) in [7, 11) is 0. The zero-order valence-electron chi connectivity index (χ0n) is 12.1. The number of piperidine rings is 1. The smallest absolute Gasteiger partial charge is 0.351 e. The number of hydrogen-bond donors (Lipinski definition) is 2. The number of carbonyl (C=O) groups excluding carboxylic acids is 1. The zero-order chi connectivity index (χ0) is 15.4. The highest BCUT2D eigenvalue weighted by atomic mass is 19.4. The summed E-state index contributed by atoms with van der Waals surface area (Å²) < 4.78 is 37.9. The van der Waals surface area contributed by atoms with E-state index in [0.29, 0.717) is 19.8 Å². The molecule has 7 heteroatoms. The number of hydrogen-bond acceptors (Lipinski definition) is 3. The van der Waals surface area contributed by atoms with Crippen LogP contribution in [0.25, 0.3) is 0 Å². The van der Waals surface area contributed by atoms with E-state index < -0.39 is 17.6 Å². The first kappa shape index (κ1) is 17.2. The summed E-state index contributed by atoms with van der Waals surface area (Å²) in [5, 5.41) is 2.43. The van der Waals surface area contributed by atoms with Gasteiger partial charge in [-0.25, -0.2) is 0 Å². The number of halogens is 3. The molecular weight excluding hydrogens is 271 g/mol. The Morgan fingerprint density at radius 3 is 2.35 bits per heavy atom. The summed E-state index contributed by atoms with van der Waals surface area (Å²) in [6, 6.07) is -0.217. The van der Waals surface area contributed by atoms with Crippen molar-refractivity contribution in [1.82, 2.24) is 10.2 Å². The molecule has 0 aromatic rings. The van der Waals surface area contributed by atoms with Crippen molar-refractivity contribution in [1.29, 1.82) is 0 Å². The summed E-state index contributed by atoms with van der Waals surface area (Å²) in [4.78, 5) is 13.9. The van der Waals surface area contributed by atoms with Crippen LogP contribution >= 0.6 is 0 Å². The Bertz CT molecular complexity index is 323. The molecule has 1 unspecified atom stereocenters. The fraction of sp³-hybridized carbons (Fsp3) is 0.923. The van der Waals surface area contributed by atoms with Crippen LogP contribution in [-0.4, -0.2) is 48.2 Å². The van der Waals surface area contributed by atoms with Gasteiger partial charge in [0.05, 0.1) is 0 Å². The quantitative estimate of drug-likeness (QED) is 0.811. The molecule has 0 spiro atoms. The largest absolute Gasteiger partial charge is 0.415 e. The lowest BCUT2D eigenvalue weighted by Gasteiger charge is -2.34. The molecule has 1 aliphatic rings. The van der Waals surface area contributed by atoms with E-state index in [1.807, 2.05) is 0 Å². The molecule has 0 aromatic heterocycles. The lowest BCUT2D eigenvalue weighted by Crippen LogP contribution is -2.63. The van der Waals surface area contributed by atoms with E-state index in [1.165, 1.54) is 0 Å². The molecule has 0 aliphatic carbocycles. The molecule has 1 heterocycles. The highest BCUT2D eigenvalue weighted by Crippen LogP contribution is 2.28. The predicted molar refractivity (Wildman–Crippen MR) is 71.2 cm³/mol. The van der Waals surface area contributed by atoms with Crippen LogP contribution in [0.1, 0.15) is 39.5 Å². The summed E-state index contributed by atoms with van der Waals surface area (Å²) in [6.45, 7) is 5.44. The average Bonchev–Trinajstić information content (AvgIpc) is 2.36. The molecule has 0 radical (unpaired) electrons. The minimum Gasteiger partial charge on any atom is -0.351 e. The third-order valence-corrected chi connectivity index (χ3v) is 3.81. The Morgan fingerprint density at radius 2 is 1.90 bits per heavy atom. The summed E-state index contributed by atoms with van der Waals surface area (Å²) in [6.07, 6.45) is -1.16. The van der Waals surface area contributed by atoms with Crippen LogP contribution in [0.15, 0.2) is 0 Å². The van der Waals surface area contributed by atoms with Gasteiger partial charge in [-0.15, -0.1) is 0 Å². The van der Waals surface area contributed by atoms with Crippen LogP contribution in [0.4, 0.5) is 13.2 Å². The Balaban J connectivity index is 2.42. The van der Waals surface area contributed by atoms with E-state index in [1.54, 1.807) is 0 Å². The molecule has 0 aromatic carbocycles. The number of nitrogens with one attached hydrogen (secondary N) is 1. The maximum Gasteiger partial charge on any atom is 0.415 e. The van der Waals surface area contributed by atoms with Crippen LogP contribution < -0.4 is 11.1 Å². The number of nitrogens with two attached hydrogens (primary N) is 1. The van der Waals surface area contributed by atoms with Gasteiger partial charge >= 0.3 is 6.18 Å². The molecule has 20 heavy (non-hydrogen) atoms. The van der Waals surface area contributed by atoms with Gasteiger partial charge in [-0.1, -0.05) is 13.3 Å². The number of alkyl halides is 3. The molecule has 0 bridgehead atoms. The van der Waals surface area contributed by atoms with E-state index in [4.69, 9.17) is 5.73 Å². The van der Waals surface area contributed by atoms with Gasteiger partial charge in [0.1, 0.15) is 0 Å². The van der Waals surface area contributed by atoms with Gasteiger partial charge in [-0.05, 0) is 32.7 Å². The average molecular weight is 295 g/mol. The van der Waals surface area contributed by atoms with Crippen LogP contribution in [0, 0.1) is 0 Å². The van der Waals surface area contributed by atoms with Gasteiger partial charge in [-0.2, -0.15) is 13.2 Å². The number of nitrogens with zero attached hydrogens (tertiary/aromatic N) is 1. The van der Waals surface area contributed by atoms with E-state index in [2.05, 4.69) is 17.1 Å². The molecule has 1 fully saturated rings.